The van der Waals surface area contributed by atoms with Crippen LogP contribution in [-0.4, -0.2) is 47.0 Å². The van der Waals surface area contributed by atoms with Crippen molar-refractivity contribution in [3.05, 3.63) is 57.9 Å². The van der Waals surface area contributed by atoms with Gasteiger partial charge in [-0.1, -0.05) is 17.7 Å². The van der Waals surface area contributed by atoms with E-state index in [1.54, 1.807) is 24.4 Å². The molecular weight excluding hydrogens is 497 g/mol. The third-order valence-electron chi connectivity index (χ3n) is 4.99. The first-order chi connectivity index (χ1) is 14.3. The third-order valence-corrected chi connectivity index (χ3v) is 7.98. The van der Waals surface area contributed by atoms with Crippen molar-refractivity contribution in [2.45, 2.75) is 23.8 Å². The number of imidazole rings is 1. The molecule has 0 radical (unpaired) electrons. The predicted molar refractivity (Wildman–Crippen MR) is 116 cm³/mol. The van der Waals surface area contributed by atoms with Crippen LogP contribution in [0.1, 0.15) is 12.8 Å². The van der Waals surface area contributed by atoms with Crippen LogP contribution in [0.4, 0.5) is 4.39 Å². The van der Waals surface area contributed by atoms with Gasteiger partial charge in [-0.2, -0.15) is 4.31 Å². The smallest absolute Gasteiger partial charge is 0.244 e. The fraction of sp³-hybridized carbons (Fsp3) is 0.250. The van der Waals surface area contributed by atoms with E-state index in [4.69, 9.17) is 11.6 Å². The number of piperidine rings is 1. The highest BCUT2D eigenvalue weighted by atomic mass is 79.9. The van der Waals surface area contributed by atoms with Gasteiger partial charge in [0.05, 0.1) is 27.5 Å². The lowest BCUT2D eigenvalue weighted by atomic mass is 10.1. The van der Waals surface area contributed by atoms with Crippen molar-refractivity contribution in [3.8, 4) is 22.6 Å². The number of β-amino-alcohol motifs (C(OH)–C–C–N with tert-alkyl or cyclic N) is 1. The molecule has 158 valence electrons. The van der Waals surface area contributed by atoms with Crippen LogP contribution < -0.4 is 0 Å². The summed E-state index contributed by atoms with van der Waals surface area (Å²) in [7, 11) is -3.87. The second-order valence-electron chi connectivity index (χ2n) is 7.08. The largest absolute Gasteiger partial charge is 0.392 e. The fourth-order valence-electron chi connectivity index (χ4n) is 3.40. The van der Waals surface area contributed by atoms with Crippen LogP contribution in [0, 0.1) is 5.82 Å². The van der Waals surface area contributed by atoms with Crippen molar-refractivity contribution >= 4 is 37.6 Å². The molecule has 1 aliphatic heterocycles. The maximum absolute atomic E-state index is 13.8. The van der Waals surface area contributed by atoms with E-state index in [0.29, 0.717) is 46.5 Å². The highest BCUT2D eigenvalue weighted by molar-refractivity contribution is 9.10. The topological polar surface area (TPSA) is 86.3 Å². The number of halogens is 3. The number of hydrogen-bond donors (Lipinski definition) is 2. The third kappa shape index (κ3) is 4.17. The summed E-state index contributed by atoms with van der Waals surface area (Å²) in [5.74, 6) is 0.0346. The van der Waals surface area contributed by atoms with Crippen molar-refractivity contribution < 1.29 is 17.9 Å². The normalized spacial score (nSPS) is 17.9. The molecule has 2 heterocycles. The summed E-state index contributed by atoms with van der Waals surface area (Å²) in [5, 5.41) is 9.95. The number of aliphatic hydroxyl groups is 1. The molecule has 0 saturated carbocycles. The monoisotopic (exact) mass is 513 g/mol. The number of aromatic amines is 1. The van der Waals surface area contributed by atoms with Crippen LogP contribution in [0.2, 0.25) is 5.02 Å². The Kier molecular flexibility index (Phi) is 6.00. The first kappa shape index (κ1) is 21.5. The van der Waals surface area contributed by atoms with Gasteiger partial charge < -0.3 is 10.1 Å². The van der Waals surface area contributed by atoms with Crippen molar-refractivity contribution in [1.82, 2.24) is 14.3 Å². The van der Waals surface area contributed by atoms with Crippen LogP contribution in [0.25, 0.3) is 22.6 Å². The van der Waals surface area contributed by atoms with Gasteiger partial charge >= 0.3 is 0 Å². The molecule has 0 spiro atoms. The standard InChI is InChI=1S/C20H18BrClFN3O3S/c21-15-5-3-12(8-17(15)23)18-10-24-20(25-18)13-4-6-16(22)19(9-13)30(28,29)26-7-1-2-14(27)11-26/h3-6,8-10,14,27H,1-2,7,11H2,(H,24,25)/t14-/m1/s1. The zero-order valence-corrected chi connectivity index (χ0v) is 18.8. The van der Waals surface area contributed by atoms with E-state index < -0.39 is 21.9 Å². The molecule has 0 bridgehead atoms. The first-order valence-electron chi connectivity index (χ1n) is 9.24. The number of benzene rings is 2. The summed E-state index contributed by atoms with van der Waals surface area (Å²) in [6.45, 7) is 0.378. The van der Waals surface area contributed by atoms with Gasteiger partial charge in [0, 0.05) is 24.2 Å². The Balaban J connectivity index is 1.68. The lowest BCUT2D eigenvalue weighted by Crippen LogP contribution is -2.42. The Morgan fingerprint density at radius 1 is 1.23 bits per heavy atom. The van der Waals surface area contributed by atoms with E-state index >= 15 is 0 Å². The molecule has 10 heteroatoms. The van der Waals surface area contributed by atoms with E-state index in [1.807, 2.05) is 0 Å². The summed E-state index contributed by atoms with van der Waals surface area (Å²) in [6, 6.07) is 9.35. The number of aliphatic hydroxyl groups excluding tert-OH is 1. The van der Waals surface area contributed by atoms with Gasteiger partial charge in [-0.15, -0.1) is 0 Å². The number of H-pyrrole nitrogens is 1. The van der Waals surface area contributed by atoms with Gasteiger partial charge in [-0.05, 0) is 59.1 Å². The minimum Gasteiger partial charge on any atom is -0.392 e. The molecule has 1 atom stereocenters. The molecule has 6 nitrogen and oxygen atoms in total. The number of nitrogens with one attached hydrogen (secondary N) is 1. The van der Waals surface area contributed by atoms with Gasteiger partial charge in [0.25, 0.3) is 0 Å². The van der Waals surface area contributed by atoms with Gasteiger partial charge in [-0.3, -0.25) is 0 Å². The Bertz CT molecular complexity index is 1200. The number of nitrogens with zero attached hydrogens (tertiary/aromatic N) is 2. The Hall–Kier alpha value is -1.78. The lowest BCUT2D eigenvalue weighted by Gasteiger charge is -2.29. The van der Waals surface area contributed by atoms with Crippen molar-refractivity contribution in [3.63, 3.8) is 0 Å². The second-order valence-corrected chi connectivity index (χ2v) is 10.2. The summed E-state index contributed by atoms with van der Waals surface area (Å²) < 4.78 is 41.6. The van der Waals surface area contributed by atoms with E-state index in [2.05, 4.69) is 25.9 Å². The molecule has 1 fully saturated rings. The molecule has 1 aliphatic rings. The predicted octanol–water partition coefficient (Wildman–Crippen LogP) is 4.44. The van der Waals surface area contributed by atoms with Crippen LogP contribution in [0.15, 0.2) is 52.0 Å². The highest BCUT2D eigenvalue weighted by Crippen LogP contribution is 2.32. The molecule has 30 heavy (non-hydrogen) atoms. The SMILES string of the molecule is O=S(=O)(c1cc(-c2ncc(-c3ccc(Br)c(F)c3)[nH]2)ccc1Cl)N1CCC[C@@H](O)C1. The molecule has 4 rings (SSSR count). The summed E-state index contributed by atoms with van der Waals surface area (Å²) in [6.07, 6.45) is 2.03. The highest BCUT2D eigenvalue weighted by Gasteiger charge is 2.31. The van der Waals surface area contributed by atoms with Crippen LogP contribution >= 0.6 is 27.5 Å². The van der Waals surface area contributed by atoms with Gasteiger partial charge in [-0.25, -0.2) is 17.8 Å². The quantitative estimate of drug-likeness (QED) is 0.539. The van der Waals surface area contributed by atoms with Crippen LogP contribution in [0.5, 0.6) is 0 Å². The molecule has 0 amide bonds. The molecule has 3 aromatic rings. The molecule has 2 aromatic carbocycles. The number of hydrogen-bond acceptors (Lipinski definition) is 4. The van der Waals surface area contributed by atoms with Gasteiger partial charge in [0.1, 0.15) is 16.5 Å². The summed E-state index contributed by atoms with van der Waals surface area (Å²) >= 11 is 9.34. The molecule has 1 saturated heterocycles. The Morgan fingerprint density at radius 2 is 2.00 bits per heavy atom. The van der Waals surface area contributed by atoms with Crippen molar-refractivity contribution in [2.75, 3.05) is 13.1 Å². The molecule has 2 N–H and O–H groups in total. The number of aromatic nitrogens is 2. The van der Waals surface area contributed by atoms with E-state index in [9.17, 15) is 17.9 Å². The van der Waals surface area contributed by atoms with Crippen LogP contribution in [0.3, 0.4) is 0 Å². The number of sulfonamides is 1. The van der Waals surface area contributed by atoms with E-state index in [-0.39, 0.29) is 16.5 Å². The fourth-order valence-corrected chi connectivity index (χ4v) is 5.67. The minimum atomic E-state index is -3.87. The molecule has 1 aromatic heterocycles. The first-order valence-corrected chi connectivity index (χ1v) is 11.9. The Labute approximate surface area is 186 Å². The molecule has 0 aliphatic carbocycles. The average Bonchev–Trinajstić information content (AvgIpc) is 3.20. The van der Waals surface area contributed by atoms with Gasteiger partial charge in [0.2, 0.25) is 10.0 Å². The van der Waals surface area contributed by atoms with Crippen molar-refractivity contribution in [2.24, 2.45) is 0 Å². The van der Waals surface area contributed by atoms with Crippen molar-refractivity contribution in [1.29, 1.82) is 0 Å². The maximum Gasteiger partial charge on any atom is 0.244 e. The zero-order chi connectivity index (χ0) is 21.5. The minimum absolute atomic E-state index is 0.0385. The average molecular weight is 515 g/mol. The lowest BCUT2D eigenvalue weighted by molar-refractivity contribution is 0.108. The summed E-state index contributed by atoms with van der Waals surface area (Å²) in [5.41, 5.74) is 1.73. The Morgan fingerprint density at radius 3 is 2.73 bits per heavy atom. The summed E-state index contributed by atoms with van der Waals surface area (Å²) in [4.78, 5) is 7.37. The van der Waals surface area contributed by atoms with E-state index in [0.717, 1.165) is 0 Å². The molecule has 0 unspecified atom stereocenters. The van der Waals surface area contributed by atoms with Crippen LogP contribution in [-0.2, 0) is 10.0 Å². The van der Waals surface area contributed by atoms with Gasteiger partial charge in [0.15, 0.2) is 0 Å². The maximum atomic E-state index is 13.8. The zero-order valence-electron chi connectivity index (χ0n) is 15.6. The second kappa shape index (κ2) is 8.39. The number of rotatable bonds is 4. The van der Waals surface area contributed by atoms with E-state index in [1.165, 1.54) is 22.5 Å². The molecular formula is C20H18BrClFN3O3S.